The van der Waals surface area contributed by atoms with E-state index in [4.69, 9.17) is 21.7 Å². The summed E-state index contributed by atoms with van der Waals surface area (Å²) >= 11 is 7.38. The number of nitrogens with zero attached hydrogens (tertiary/aromatic N) is 2. The third-order valence-corrected chi connectivity index (χ3v) is 8.32. The Labute approximate surface area is 189 Å². The van der Waals surface area contributed by atoms with E-state index in [9.17, 15) is 13.2 Å². The number of hydrogen-bond acceptors (Lipinski definition) is 5. The average molecular weight is 474 g/mol. The zero-order chi connectivity index (χ0) is 21.8. The van der Waals surface area contributed by atoms with E-state index in [1.807, 2.05) is 17.0 Å². The van der Waals surface area contributed by atoms with Crippen molar-refractivity contribution in [1.29, 1.82) is 0 Å². The summed E-state index contributed by atoms with van der Waals surface area (Å²) in [5.74, 6) is -0.0254. The van der Waals surface area contributed by atoms with Crippen LogP contribution in [-0.2, 0) is 10.0 Å². The predicted molar refractivity (Wildman–Crippen MR) is 122 cm³/mol. The van der Waals surface area contributed by atoms with Crippen LogP contribution >= 0.6 is 22.9 Å². The molecule has 160 valence electrons. The molecule has 0 radical (unpaired) electrons. The highest BCUT2D eigenvalue weighted by Crippen LogP contribution is 2.50. The van der Waals surface area contributed by atoms with Crippen LogP contribution in [0.3, 0.4) is 0 Å². The van der Waals surface area contributed by atoms with E-state index in [0.29, 0.717) is 15.7 Å². The number of carbonyl (C=O) groups is 1. The Balaban J connectivity index is 1.59. The number of aromatic nitrogens is 1. The van der Waals surface area contributed by atoms with Crippen LogP contribution in [0.25, 0.3) is 21.7 Å². The van der Waals surface area contributed by atoms with Crippen molar-refractivity contribution in [1.82, 2.24) is 9.88 Å². The lowest BCUT2D eigenvalue weighted by Crippen LogP contribution is -2.37. The van der Waals surface area contributed by atoms with Gasteiger partial charge in [0, 0.05) is 22.7 Å². The number of thiazole rings is 1. The molecule has 0 bridgehead atoms. The van der Waals surface area contributed by atoms with Gasteiger partial charge in [-0.25, -0.2) is 18.5 Å². The Morgan fingerprint density at radius 2 is 1.68 bits per heavy atom. The second-order valence-corrected chi connectivity index (χ2v) is 11.1. The van der Waals surface area contributed by atoms with E-state index in [0.717, 1.165) is 48.2 Å². The van der Waals surface area contributed by atoms with Crippen LogP contribution in [0.4, 0.5) is 0 Å². The Morgan fingerprint density at radius 1 is 1.03 bits per heavy atom. The smallest absolute Gasteiger partial charge is 0.283 e. The Kier molecular flexibility index (Phi) is 4.93. The number of hydrogen-bond donors (Lipinski definition) is 1. The zero-order valence-corrected chi connectivity index (χ0v) is 18.9. The molecule has 31 heavy (non-hydrogen) atoms. The van der Waals surface area contributed by atoms with E-state index in [1.165, 1.54) is 23.5 Å². The van der Waals surface area contributed by atoms with Gasteiger partial charge in [-0.2, -0.15) is 0 Å². The number of sulfonamides is 1. The molecule has 1 aliphatic heterocycles. The molecular formula is C22H20ClN3O3S2. The first-order valence-corrected chi connectivity index (χ1v) is 12.7. The highest BCUT2D eigenvalue weighted by molar-refractivity contribution is 7.89. The van der Waals surface area contributed by atoms with Crippen molar-refractivity contribution in [2.24, 2.45) is 5.14 Å². The van der Waals surface area contributed by atoms with Crippen LogP contribution in [-0.4, -0.2) is 36.3 Å². The van der Waals surface area contributed by atoms with Gasteiger partial charge in [-0.1, -0.05) is 35.9 Å². The lowest BCUT2D eigenvalue weighted by atomic mass is 10.1. The van der Waals surface area contributed by atoms with Gasteiger partial charge in [-0.05, 0) is 55.5 Å². The van der Waals surface area contributed by atoms with Gasteiger partial charge in [0.25, 0.3) is 5.91 Å². The third-order valence-electron chi connectivity index (χ3n) is 6.04. The molecular weight excluding hydrogens is 454 g/mol. The fraction of sp³-hybridized carbons (Fsp3) is 0.273. The zero-order valence-electron chi connectivity index (χ0n) is 16.5. The van der Waals surface area contributed by atoms with Crippen molar-refractivity contribution in [2.45, 2.75) is 36.1 Å². The number of likely N-dealkylation sites (tertiary alicyclic amines) is 1. The molecule has 0 unspecified atom stereocenters. The Bertz CT molecular complexity index is 1260. The number of primary sulfonamides is 1. The van der Waals surface area contributed by atoms with E-state index < -0.39 is 10.0 Å². The summed E-state index contributed by atoms with van der Waals surface area (Å²) in [5.41, 5.74) is 2.34. The van der Waals surface area contributed by atoms with Crippen molar-refractivity contribution in [3.05, 3.63) is 58.6 Å². The summed E-state index contributed by atoms with van der Waals surface area (Å²) in [6.45, 7) is 0.771. The summed E-state index contributed by atoms with van der Waals surface area (Å²) in [6.07, 6.45) is 4.23. The molecule has 1 aromatic heterocycles. The first-order valence-electron chi connectivity index (χ1n) is 9.99. The standard InChI is InChI=1S/C22H20ClN3O3S2/c23-16-6-2-14(3-7-16)18-19(15-4-8-17(9-5-15)31(24,28)29)30-20(25-18)21(27)26-13-1-10-22(26)11-12-22/h2-9H,1,10-13H2,(H2,24,28,29). The van der Waals surface area contributed by atoms with Gasteiger partial charge < -0.3 is 4.90 Å². The van der Waals surface area contributed by atoms with Gasteiger partial charge in [0.1, 0.15) is 0 Å². The quantitative estimate of drug-likeness (QED) is 0.601. The van der Waals surface area contributed by atoms with Crippen LogP contribution in [0.5, 0.6) is 0 Å². The summed E-state index contributed by atoms with van der Waals surface area (Å²) < 4.78 is 23.2. The van der Waals surface area contributed by atoms with Crippen molar-refractivity contribution < 1.29 is 13.2 Å². The fourth-order valence-corrected chi connectivity index (χ4v) is 5.92. The molecule has 1 spiro atoms. The van der Waals surface area contributed by atoms with Gasteiger partial charge in [0.2, 0.25) is 10.0 Å². The van der Waals surface area contributed by atoms with Gasteiger partial charge >= 0.3 is 0 Å². The van der Waals surface area contributed by atoms with E-state index in [2.05, 4.69) is 0 Å². The molecule has 1 saturated heterocycles. The molecule has 2 fully saturated rings. The first kappa shape index (κ1) is 20.6. The van der Waals surface area contributed by atoms with E-state index in [-0.39, 0.29) is 16.3 Å². The number of nitrogens with two attached hydrogens (primary N) is 1. The Hall–Kier alpha value is -2.26. The summed E-state index contributed by atoms with van der Waals surface area (Å²) in [6, 6.07) is 13.6. The second kappa shape index (κ2) is 7.41. The van der Waals surface area contributed by atoms with Crippen LogP contribution < -0.4 is 5.14 Å². The number of amides is 1. The van der Waals surface area contributed by atoms with Gasteiger partial charge in [-0.3, -0.25) is 4.79 Å². The SMILES string of the molecule is NS(=O)(=O)c1ccc(-c2sc(C(=O)N3CCCC34CC4)nc2-c2ccc(Cl)cc2)cc1. The highest BCUT2D eigenvalue weighted by Gasteiger charge is 2.53. The molecule has 1 saturated carbocycles. The van der Waals surface area contributed by atoms with Gasteiger partial charge in [0.05, 0.1) is 15.5 Å². The van der Waals surface area contributed by atoms with Crippen molar-refractivity contribution >= 4 is 38.9 Å². The number of carbonyl (C=O) groups excluding carboxylic acids is 1. The minimum Gasteiger partial charge on any atom is -0.331 e. The molecule has 3 aromatic rings. The molecule has 2 heterocycles. The van der Waals surface area contributed by atoms with E-state index in [1.54, 1.807) is 24.3 Å². The monoisotopic (exact) mass is 473 g/mol. The molecule has 2 N–H and O–H groups in total. The van der Waals surface area contributed by atoms with Gasteiger partial charge in [0.15, 0.2) is 5.01 Å². The summed E-state index contributed by atoms with van der Waals surface area (Å²) in [4.78, 5) is 20.9. The lowest BCUT2D eigenvalue weighted by molar-refractivity contribution is 0.0717. The van der Waals surface area contributed by atoms with Crippen LogP contribution in [0, 0.1) is 0 Å². The number of rotatable bonds is 4. The maximum atomic E-state index is 13.3. The minimum atomic E-state index is -3.78. The molecule has 1 aliphatic carbocycles. The van der Waals surface area contributed by atoms with Crippen molar-refractivity contribution in [3.8, 4) is 21.7 Å². The van der Waals surface area contributed by atoms with Gasteiger partial charge in [-0.15, -0.1) is 11.3 Å². The predicted octanol–water partition coefficient (Wildman–Crippen LogP) is 4.55. The second-order valence-electron chi connectivity index (χ2n) is 8.06. The average Bonchev–Trinajstić information content (AvgIpc) is 3.19. The molecule has 1 amide bonds. The van der Waals surface area contributed by atoms with Crippen LogP contribution in [0.1, 0.15) is 35.5 Å². The van der Waals surface area contributed by atoms with Crippen LogP contribution in [0.2, 0.25) is 5.02 Å². The van der Waals surface area contributed by atoms with E-state index >= 15 is 0 Å². The maximum absolute atomic E-state index is 13.3. The molecule has 2 aromatic carbocycles. The summed E-state index contributed by atoms with van der Waals surface area (Å²) in [5, 5.41) is 6.29. The minimum absolute atomic E-state index is 0.0254. The largest absolute Gasteiger partial charge is 0.331 e. The topological polar surface area (TPSA) is 93.4 Å². The normalized spacial score (nSPS) is 17.3. The third kappa shape index (κ3) is 3.78. The molecule has 9 heteroatoms. The number of halogens is 1. The molecule has 2 aliphatic rings. The molecule has 0 atom stereocenters. The maximum Gasteiger partial charge on any atom is 0.283 e. The fourth-order valence-electron chi connectivity index (χ4n) is 4.24. The van der Waals surface area contributed by atoms with Crippen molar-refractivity contribution in [2.75, 3.05) is 6.54 Å². The molecule has 5 rings (SSSR count). The Morgan fingerprint density at radius 3 is 2.29 bits per heavy atom. The first-order chi connectivity index (χ1) is 14.8. The molecule has 6 nitrogen and oxygen atoms in total. The highest BCUT2D eigenvalue weighted by atomic mass is 35.5. The lowest BCUT2D eigenvalue weighted by Gasteiger charge is -2.22. The van der Waals surface area contributed by atoms with Crippen LogP contribution in [0.15, 0.2) is 53.4 Å². The summed E-state index contributed by atoms with van der Waals surface area (Å²) in [7, 11) is -3.78. The number of benzene rings is 2. The van der Waals surface area contributed by atoms with Crippen molar-refractivity contribution in [3.63, 3.8) is 0 Å².